The summed E-state index contributed by atoms with van der Waals surface area (Å²) in [6.45, 7) is 1.39. The molecule has 6 N–H and O–H groups in total. The molecule has 0 fully saturated rings. The predicted octanol–water partition coefficient (Wildman–Crippen LogP) is 0.437. The molecule has 19 heavy (non-hydrogen) atoms. The van der Waals surface area contributed by atoms with E-state index in [2.05, 4.69) is 0 Å². The van der Waals surface area contributed by atoms with Crippen LogP contribution in [0.5, 0.6) is 0 Å². The summed E-state index contributed by atoms with van der Waals surface area (Å²) in [4.78, 5) is 20.8. The molecule has 0 radical (unpaired) electrons. The van der Waals surface area contributed by atoms with E-state index in [1.807, 2.05) is 0 Å². The van der Waals surface area contributed by atoms with Gasteiger partial charge in [-0.05, 0) is 19.8 Å². The largest absolute Gasteiger partial charge is 0.394 e. The fourth-order valence-corrected chi connectivity index (χ4v) is 1.31. The number of nitrogens with two attached hydrogens (primary N) is 2. The van der Waals surface area contributed by atoms with E-state index in [0.717, 1.165) is 38.5 Å². The van der Waals surface area contributed by atoms with Crippen molar-refractivity contribution in [2.45, 2.75) is 64.4 Å². The summed E-state index contributed by atoms with van der Waals surface area (Å²) >= 11 is 0. The van der Waals surface area contributed by atoms with Crippen molar-refractivity contribution in [2.75, 3.05) is 6.61 Å². The first kappa shape index (κ1) is 20.2. The fourth-order valence-electron chi connectivity index (χ4n) is 1.31. The third kappa shape index (κ3) is 26.5. The van der Waals surface area contributed by atoms with Gasteiger partial charge in [-0.2, -0.15) is 0 Å². The molecule has 0 saturated heterocycles. The van der Waals surface area contributed by atoms with Gasteiger partial charge in [0.1, 0.15) is 0 Å². The highest BCUT2D eigenvalue weighted by molar-refractivity contribution is 5.73. The maximum Gasteiger partial charge on any atom is 0.217 e. The molecule has 6 heteroatoms. The second kappa shape index (κ2) is 14.9. The lowest BCUT2D eigenvalue weighted by molar-refractivity contribution is -0.119. The third-order valence-corrected chi connectivity index (χ3v) is 2.36. The van der Waals surface area contributed by atoms with Crippen molar-refractivity contribution in [3.05, 3.63) is 0 Å². The molecule has 6 nitrogen and oxygen atoms in total. The van der Waals surface area contributed by atoms with Crippen LogP contribution in [-0.2, 0) is 9.59 Å². The molecule has 0 heterocycles. The van der Waals surface area contributed by atoms with E-state index in [1.54, 1.807) is 0 Å². The summed E-state index contributed by atoms with van der Waals surface area (Å²) in [5.74, 6) is -0.447. The number of amides is 2. The zero-order valence-corrected chi connectivity index (χ0v) is 11.8. The van der Waals surface area contributed by atoms with E-state index in [0.29, 0.717) is 12.8 Å². The van der Waals surface area contributed by atoms with Crippen molar-refractivity contribution in [3.63, 3.8) is 0 Å². The van der Waals surface area contributed by atoms with Gasteiger partial charge in [0.2, 0.25) is 11.8 Å². The number of unbranched alkanes of at least 4 members (excludes halogenated alkanes) is 5. The fraction of sp³-hybridized carbons (Fsp3) is 0.846. The number of carbonyl (C=O) groups excluding carboxylic acids is 2. The van der Waals surface area contributed by atoms with Crippen LogP contribution >= 0.6 is 0 Å². The number of hydrogen-bond acceptors (Lipinski definition) is 4. The minimum absolute atomic E-state index is 0.139. The predicted molar refractivity (Wildman–Crippen MR) is 74.1 cm³/mol. The van der Waals surface area contributed by atoms with Gasteiger partial charge in [0.25, 0.3) is 0 Å². The molecule has 0 aliphatic carbocycles. The Morgan fingerprint density at radius 3 is 1.37 bits per heavy atom. The zero-order valence-electron chi connectivity index (χ0n) is 11.8. The number of hydrogen-bond donors (Lipinski definition) is 4. The molecule has 0 aromatic heterocycles. The summed E-state index contributed by atoms with van der Waals surface area (Å²) in [5.41, 5.74) is 10.00. The van der Waals surface area contributed by atoms with Gasteiger partial charge in [-0.1, -0.05) is 25.7 Å². The Morgan fingerprint density at radius 2 is 1.16 bits per heavy atom. The Kier molecular flexibility index (Phi) is 15.8. The molecule has 0 bridgehead atoms. The number of primary amides is 2. The van der Waals surface area contributed by atoms with Crippen molar-refractivity contribution in [3.8, 4) is 0 Å². The summed E-state index contributed by atoms with van der Waals surface area (Å²) in [5, 5.41) is 16.0. The second-order valence-corrected chi connectivity index (χ2v) is 4.59. The average molecular weight is 276 g/mol. The van der Waals surface area contributed by atoms with Gasteiger partial charge in [-0.25, -0.2) is 0 Å². The van der Waals surface area contributed by atoms with E-state index in [9.17, 15) is 9.59 Å². The van der Waals surface area contributed by atoms with Crippen LogP contribution in [0.2, 0.25) is 0 Å². The lowest BCUT2D eigenvalue weighted by atomic mass is 10.1. The molecule has 0 aromatic rings. The first-order valence-corrected chi connectivity index (χ1v) is 6.75. The topological polar surface area (TPSA) is 127 Å². The molecule has 0 spiro atoms. The van der Waals surface area contributed by atoms with Crippen LogP contribution < -0.4 is 11.5 Å². The van der Waals surface area contributed by atoms with Gasteiger partial charge in [-0.3, -0.25) is 9.59 Å². The summed E-state index contributed by atoms with van der Waals surface area (Å²) in [7, 11) is 0. The second-order valence-electron chi connectivity index (χ2n) is 4.59. The summed E-state index contributed by atoms with van der Waals surface area (Å²) in [6.07, 6.45) is 6.46. The Labute approximate surface area is 115 Å². The molecule has 1 unspecified atom stereocenters. The smallest absolute Gasteiger partial charge is 0.217 e. The molecule has 0 aliphatic rings. The number of rotatable bonds is 10. The summed E-state index contributed by atoms with van der Waals surface area (Å²) in [6, 6.07) is 0. The monoisotopic (exact) mass is 276 g/mol. The van der Waals surface area contributed by atoms with Gasteiger partial charge in [0.05, 0.1) is 12.7 Å². The minimum Gasteiger partial charge on any atom is -0.394 e. The van der Waals surface area contributed by atoms with Crippen LogP contribution in [0.3, 0.4) is 0 Å². The van der Waals surface area contributed by atoms with Crippen molar-refractivity contribution in [1.82, 2.24) is 0 Å². The van der Waals surface area contributed by atoms with Crippen LogP contribution in [0.4, 0.5) is 0 Å². The van der Waals surface area contributed by atoms with Crippen LogP contribution in [-0.4, -0.2) is 34.7 Å². The molecule has 1 atom stereocenters. The highest BCUT2D eigenvalue weighted by Gasteiger charge is 1.96. The first-order chi connectivity index (χ1) is 8.90. The van der Waals surface area contributed by atoms with Crippen molar-refractivity contribution in [2.24, 2.45) is 11.5 Å². The Hall–Kier alpha value is -1.14. The van der Waals surface area contributed by atoms with Crippen molar-refractivity contribution < 1.29 is 19.8 Å². The van der Waals surface area contributed by atoms with E-state index in [-0.39, 0.29) is 18.4 Å². The van der Waals surface area contributed by atoms with E-state index in [1.165, 1.54) is 6.92 Å². The summed E-state index contributed by atoms with van der Waals surface area (Å²) < 4.78 is 0. The molecule has 0 saturated carbocycles. The number of aliphatic hydroxyl groups excluding tert-OH is 2. The average Bonchev–Trinajstić information content (AvgIpc) is 2.32. The third-order valence-electron chi connectivity index (χ3n) is 2.36. The van der Waals surface area contributed by atoms with E-state index >= 15 is 0 Å². The Morgan fingerprint density at radius 1 is 0.895 bits per heavy atom. The molecule has 0 aromatic carbocycles. The van der Waals surface area contributed by atoms with Gasteiger partial charge >= 0.3 is 0 Å². The molecule has 114 valence electrons. The van der Waals surface area contributed by atoms with Crippen molar-refractivity contribution in [1.29, 1.82) is 0 Å². The van der Waals surface area contributed by atoms with Crippen LogP contribution in [0.15, 0.2) is 0 Å². The number of aliphatic hydroxyl groups is 2. The lowest BCUT2D eigenvalue weighted by Crippen LogP contribution is -2.09. The number of carbonyl (C=O) groups is 2. The SMILES string of the molecule is CC(O)CO.NC(=O)CCCCCCCCC(N)=O. The normalized spacial score (nSPS) is 11.3. The molecular formula is C13H28N2O4. The van der Waals surface area contributed by atoms with Crippen molar-refractivity contribution >= 4 is 11.8 Å². The minimum atomic E-state index is -0.560. The zero-order chi connectivity index (χ0) is 15.1. The van der Waals surface area contributed by atoms with Crippen LogP contribution in [0.1, 0.15) is 58.3 Å². The molecule has 2 amide bonds. The van der Waals surface area contributed by atoms with Gasteiger partial charge in [-0.15, -0.1) is 0 Å². The van der Waals surface area contributed by atoms with Crippen LogP contribution in [0.25, 0.3) is 0 Å². The first-order valence-electron chi connectivity index (χ1n) is 6.75. The van der Waals surface area contributed by atoms with E-state index in [4.69, 9.17) is 21.7 Å². The van der Waals surface area contributed by atoms with Gasteiger partial charge in [0.15, 0.2) is 0 Å². The highest BCUT2D eigenvalue weighted by Crippen LogP contribution is 2.07. The Balaban J connectivity index is 0. The lowest BCUT2D eigenvalue weighted by Gasteiger charge is -1.99. The molecule has 0 aliphatic heterocycles. The molecular weight excluding hydrogens is 248 g/mol. The molecule has 0 rings (SSSR count). The standard InChI is InChI=1S/C10H20N2O2.C3H8O2/c11-9(13)7-5-3-1-2-4-6-8-10(12)14;1-3(5)2-4/h1-8H2,(H2,11,13)(H2,12,14);3-5H,2H2,1H3. The van der Waals surface area contributed by atoms with Gasteiger partial charge < -0.3 is 21.7 Å². The maximum atomic E-state index is 10.4. The Bertz CT molecular complexity index is 213. The highest BCUT2D eigenvalue weighted by atomic mass is 16.3. The maximum absolute atomic E-state index is 10.4. The van der Waals surface area contributed by atoms with Gasteiger partial charge in [0, 0.05) is 12.8 Å². The van der Waals surface area contributed by atoms with E-state index < -0.39 is 6.10 Å². The quantitative estimate of drug-likeness (QED) is 0.432. The van der Waals surface area contributed by atoms with Crippen LogP contribution in [0, 0.1) is 0 Å².